The molecule has 0 aliphatic heterocycles. The maximum atomic E-state index is 5.55. The van der Waals surface area contributed by atoms with Gasteiger partial charge in [-0.15, -0.1) is 12.3 Å². The second kappa shape index (κ2) is 15.6. The van der Waals surface area contributed by atoms with Crippen LogP contribution in [0.25, 0.3) is 0 Å². The molecule has 6 heteroatoms. The average Bonchev–Trinajstić information content (AvgIpc) is 2.51. The van der Waals surface area contributed by atoms with E-state index in [9.17, 15) is 0 Å². The molecule has 0 atom stereocenters. The van der Waals surface area contributed by atoms with Gasteiger partial charge >= 0.3 is 0 Å². The highest BCUT2D eigenvalue weighted by atomic mass is 28.3. The Kier molecular flexibility index (Phi) is 15.5. The topological polar surface area (TPSA) is 46.2 Å². The Balaban J connectivity index is 3.07. The van der Waals surface area contributed by atoms with E-state index in [2.05, 4.69) is 25.4 Å². The minimum absolute atomic E-state index is 0.590. The number of hydrogen-bond acceptors (Lipinski definition) is 5. The third kappa shape index (κ3) is 16.1. The Morgan fingerprint density at radius 1 is 0.727 bits per heavy atom. The number of methoxy groups -OCH3 is 1. The molecular formula is C16H34O5Si. The quantitative estimate of drug-likeness (QED) is 0.302. The number of ether oxygens (including phenoxy) is 5. The largest absolute Gasteiger partial charge is 0.382 e. The van der Waals surface area contributed by atoms with E-state index >= 15 is 0 Å². The molecule has 0 saturated carbocycles. The van der Waals surface area contributed by atoms with Gasteiger partial charge in [-0.3, -0.25) is 0 Å². The van der Waals surface area contributed by atoms with Crippen molar-refractivity contribution < 1.29 is 23.7 Å². The Hall–Kier alpha value is -0.243. The summed E-state index contributed by atoms with van der Waals surface area (Å²) in [4.78, 5) is 0. The fraction of sp³-hybridized carbons (Fsp3) is 0.875. The van der Waals surface area contributed by atoms with Gasteiger partial charge in [0.1, 0.15) is 0 Å². The molecule has 0 aromatic heterocycles. The van der Waals surface area contributed by atoms with E-state index in [0.29, 0.717) is 52.9 Å². The Morgan fingerprint density at radius 2 is 1.14 bits per heavy atom. The van der Waals surface area contributed by atoms with E-state index < -0.39 is 8.07 Å². The Bertz CT molecular complexity index is 249. The van der Waals surface area contributed by atoms with Gasteiger partial charge in [-0.1, -0.05) is 19.1 Å². The first-order valence-electron chi connectivity index (χ1n) is 8.06. The minimum atomic E-state index is -1.16. The van der Waals surface area contributed by atoms with Crippen LogP contribution < -0.4 is 0 Å². The average molecular weight is 335 g/mol. The van der Waals surface area contributed by atoms with Gasteiger partial charge in [0, 0.05) is 13.7 Å². The first-order valence-corrected chi connectivity index (χ1v) is 11.3. The molecule has 22 heavy (non-hydrogen) atoms. The highest BCUT2D eigenvalue weighted by Gasteiger charge is 2.14. The van der Waals surface area contributed by atoms with Crippen LogP contribution in [0.5, 0.6) is 0 Å². The molecule has 5 nitrogen and oxygen atoms in total. The summed E-state index contributed by atoms with van der Waals surface area (Å²) in [6, 6.07) is 1.23. The zero-order valence-electron chi connectivity index (χ0n) is 14.6. The van der Waals surface area contributed by atoms with Crippen molar-refractivity contribution >= 4 is 8.07 Å². The molecule has 0 saturated heterocycles. The van der Waals surface area contributed by atoms with E-state index in [4.69, 9.17) is 23.7 Å². The van der Waals surface area contributed by atoms with Crippen LogP contribution >= 0.6 is 0 Å². The maximum Gasteiger partial charge on any atom is 0.0710 e. The second-order valence-electron chi connectivity index (χ2n) is 5.74. The summed E-state index contributed by atoms with van der Waals surface area (Å²) in [5.74, 6) is 0. The summed E-state index contributed by atoms with van der Waals surface area (Å²) >= 11 is 0. The van der Waals surface area contributed by atoms with E-state index in [1.54, 1.807) is 7.11 Å². The van der Waals surface area contributed by atoms with Crippen molar-refractivity contribution in [2.45, 2.75) is 25.6 Å². The third-order valence-electron chi connectivity index (χ3n) is 3.21. The predicted molar refractivity (Wildman–Crippen MR) is 92.3 cm³/mol. The summed E-state index contributed by atoms with van der Waals surface area (Å²) < 4.78 is 26.5. The summed E-state index contributed by atoms with van der Waals surface area (Å²) in [6.07, 6.45) is 1.11. The van der Waals surface area contributed by atoms with Crippen LogP contribution in [0, 0.1) is 0 Å². The van der Waals surface area contributed by atoms with Gasteiger partial charge < -0.3 is 23.7 Å². The lowest BCUT2D eigenvalue weighted by Crippen LogP contribution is -2.22. The minimum Gasteiger partial charge on any atom is -0.382 e. The van der Waals surface area contributed by atoms with Gasteiger partial charge in [0.05, 0.1) is 60.9 Å². The van der Waals surface area contributed by atoms with Crippen LogP contribution in [0.3, 0.4) is 0 Å². The molecule has 0 amide bonds. The Labute approximate surface area is 136 Å². The first-order chi connectivity index (χ1) is 10.6. The van der Waals surface area contributed by atoms with Gasteiger partial charge in [-0.05, 0) is 6.42 Å². The zero-order valence-corrected chi connectivity index (χ0v) is 15.6. The molecule has 0 aromatic rings. The van der Waals surface area contributed by atoms with Crippen molar-refractivity contribution in [1.82, 2.24) is 0 Å². The monoisotopic (exact) mass is 334 g/mol. The van der Waals surface area contributed by atoms with Crippen molar-refractivity contribution in [3.8, 4) is 0 Å². The van der Waals surface area contributed by atoms with Gasteiger partial charge in [-0.2, -0.15) is 0 Å². The normalized spacial score (nSPS) is 11.8. The van der Waals surface area contributed by atoms with Crippen molar-refractivity contribution in [3.05, 3.63) is 12.3 Å². The molecule has 132 valence electrons. The van der Waals surface area contributed by atoms with E-state index in [1.807, 2.05) is 0 Å². The van der Waals surface area contributed by atoms with Crippen LogP contribution in [-0.4, -0.2) is 74.6 Å². The number of rotatable bonds is 17. The molecule has 0 aromatic carbocycles. The molecule has 0 rings (SSSR count). The molecule has 0 unspecified atom stereocenters. The highest BCUT2D eigenvalue weighted by molar-refractivity contribution is 6.82. The highest BCUT2D eigenvalue weighted by Crippen LogP contribution is 2.12. The lowest BCUT2D eigenvalue weighted by Gasteiger charge is -2.16. The van der Waals surface area contributed by atoms with E-state index in [0.717, 1.165) is 13.0 Å². The van der Waals surface area contributed by atoms with Gasteiger partial charge in [0.2, 0.25) is 0 Å². The second-order valence-corrected chi connectivity index (χ2v) is 10.6. The molecule has 0 aliphatic carbocycles. The van der Waals surface area contributed by atoms with Crippen molar-refractivity contribution in [2.24, 2.45) is 0 Å². The van der Waals surface area contributed by atoms with E-state index in [1.165, 1.54) is 6.04 Å². The molecule has 0 heterocycles. The SMILES string of the molecule is C=C[Si](C)(C)CCCOCCOCCOCCOCCOC. The fourth-order valence-corrected chi connectivity index (χ4v) is 2.90. The maximum absolute atomic E-state index is 5.55. The lowest BCUT2D eigenvalue weighted by molar-refractivity contribution is -0.00770. The van der Waals surface area contributed by atoms with E-state index in [-0.39, 0.29) is 0 Å². The van der Waals surface area contributed by atoms with Crippen LogP contribution in [0.1, 0.15) is 6.42 Å². The van der Waals surface area contributed by atoms with Crippen LogP contribution in [-0.2, 0) is 23.7 Å². The van der Waals surface area contributed by atoms with Crippen molar-refractivity contribution in [3.63, 3.8) is 0 Å². The van der Waals surface area contributed by atoms with Crippen molar-refractivity contribution in [1.29, 1.82) is 0 Å². The van der Waals surface area contributed by atoms with Gasteiger partial charge in [0.25, 0.3) is 0 Å². The molecule has 0 fully saturated rings. The van der Waals surface area contributed by atoms with Gasteiger partial charge in [0.15, 0.2) is 0 Å². The molecule has 0 bridgehead atoms. The summed E-state index contributed by atoms with van der Waals surface area (Å²) in [5, 5.41) is 0. The van der Waals surface area contributed by atoms with Crippen LogP contribution in [0.4, 0.5) is 0 Å². The smallest absolute Gasteiger partial charge is 0.0710 e. The third-order valence-corrected chi connectivity index (χ3v) is 5.96. The van der Waals surface area contributed by atoms with Gasteiger partial charge in [-0.25, -0.2) is 0 Å². The molecular weight excluding hydrogens is 300 g/mol. The lowest BCUT2D eigenvalue weighted by atomic mass is 10.5. The number of hydrogen-bond donors (Lipinski definition) is 0. The predicted octanol–water partition coefficient (Wildman–Crippen LogP) is 2.52. The molecule has 0 spiro atoms. The fourth-order valence-electron chi connectivity index (χ4n) is 1.64. The summed E-state index contributed by atoms with van der Waals surface area (Å²) in [7, 11) is 0.494. The van der Waals surface area contributed by atoms with Crippen molar-refractivity contribution in [2.75, 3.05) is 66.6 Å². The molecule has 0 aliphatic rings. The first kappa shape index (κ1) is 21.8. The van der Waals surface area contributed by atoms with Crippen LogP contribution in [0.15, 0.2) is 12.3 Å². The molecule has 0 radical (unpaired) electrons. The summed E-state index contributed by atoms with van der Waals surface area (Å²) in [5.41, 5.74) is 2.14. The Morgan fingerprint density at radius 3 is 1.55 bits per heavy atom. The summed E-state index contributed by atoms with van der Waals surface area (Å²) in [6.45, 7) is 14.2. The zero-order chi connectivity index (χ0) is 16.5. The molecule has 0 N–H and O–H groups in total. The standard InChI is InChI=1S/C16H34O5Si/c1-5-22(3,4)16-6-7-18-10-11-20-14-15-21-13-12-19-9-8-17-2/h5H,1,6-16H2,2-4H3. The van der Waals surface area contributed by atoms with Crippen LogP contribution in [0.2, 0.25) is 19.1 Å².